The highest BCUT2D eigenvalue weighted by Gasteiger charge is 2.25. The Kier molecular flexibility index (Phi) is 7.69. The van der Waals surface area contributed by atoms with Crippen LogP contribution in [0, 0.1) is 19.8 Å². The predicted molar refractivity (Wildman–Crippen MR) is 128 cm³/mol. The number of carbonyl (C=O) groups excluding carboxylic acids is 2. The summed E-state index contributed by atoms with van der Waals surface area (Å²) in [7, 11) is 1.85. The van der Waals surface area contributed by atoms with Gasteiger partial charge in [0.1, 0.15) is 0 Å². The van der Waals surface area contributed by atoms with Gasteiger partial charge in [-0.15, -0.1) is 10.2 Å². The van der Waals surface area contributed by atoms with E-state index in [0.29, 0.717) is 16.5 Å². The molecular weight excluding hydrogens is 422 g/mol. The number of carbonyl (C=O) groups is 2. The Hall–Kier alpha value is -3.13. The average Bonchev–Trinajstić information content (AvgIpc) is 3.12. The molecule has 0 fully saturated rings. The number of amides is 2. The van der Waals surface area contributed by atoms with Crippen LogP contribution < -0.4 is 10.6 Å². The van der Waals surface area contributed by atoms with Crippen LogP contribution in [0.15, 0.2) is 53.7 Å². The summed E-state index contributed by atoms with van der Waals surface area (Å²) in [5, 5.41) is 15.2. The third kappa shape index (κ3) is 5.76. The minimum Gasteiger partial charge on any atom is -0.342 e. The van der Waals surface area contributed by atoms with Crippen molar-refractivity contribution in [2.24, 2.45) is 13.0 Å². The molecule has 0 saturated heterocycles. The molecule has 0 aliphatic rings. The molecule has 1 heterocycles. The zero-order chi connectivity index (χ0) is 23.3. The molecule has 8 heteroatoms. The van der Waals surface area contributed by atoms with Crippen molar-refractivity contribution >= 4 is 29.3 Å². The Morgan fingerprint density at radius 3 is 2.38 bits per heavy atom. The molecule has 1 aromatic heterocycles. The molecular formula is C24H29N5O2S. The van der Waals surface area contributed by atoms with E-state index in [1.165, 1.54) is 11.8 Å². The van der Waals surface area contributed by atoms with Crippen LogP contribution in [0.4, 0.5) is 5.69 Å². The van der Waals surface area contributed by atoms with E-state index in [1.807, 2.05) is 87.8 Å². The van der Waals surface area contributed by atoms with Crippen LogP contribution in [0.3, 0.4) is 0 Å². The van der Waals surface area contributed by atoms with Crippen LogP contribution in [0.1, 0.15) is 47.2 Å². The maximum Gasteiger partial charge on any atom is 0.251 e. The number of benzene rings is 2. The second-order valence-electron chi connectivity index (χ2n) is 8.11. The van der Waals surface area contributed by atoms with Gasteiger partial charge < -0.3 is 15.2 Å². The molecule has 32 heavy (non-hydrogen) atoms. The number of hydrogen-bond donors (Lipinski definition) is 2. The van der Waals surface area contributed by atoms with E-state index in [-0.39, 0.29) is 29.5 Å². The van der Waals surface area contributed by atoms with Gasteiger partial charge in [-0.3, -0.25) is 9.59 Å². The highest BCUT2D eigenvalue weighted by atomic mass is 32.2. The van der Waals surface area contributed by atoms with Gasteiger partial charge in [-0.1, -0.05) is 61.5 Å². The first-order valence-corrected chi connectivity index (χ1v) is 11.5. The largest absolute Gasteiger partial charge is 0.342 e. The van der Waals surface area contributed by atoms with Crippen LogP contribution >= 0.6 is 11.8 Å². The normalized spacial score (nSPS) is 11.9. The molecule has 2 amide bonds. The Bertz CT molecular complexity index is 1090. The fraction of sp³-hybridized carbons (Fsp3) is 0.333. The number of aryl methyl sites for hydroxylation is 2. The summed E-state index contributed by atoms with van der Waals surface area (Å²) in [6.07, 6.45) is 0. The van der Waals surface area contributed by atoms with Crippen LogP contribution in [-0.4, -0.2) is 32.3 Å². The smallest absolute Gasteiger partial charge is 0.251 e. The summed E-state index contributed by atoms with van der Waals surface area (Å²) in [5.74, 6) is 0.708. The summed E-state index contributed by atoms with van der Waals surface area (Å²) >= 11 is 1.31. The first-order valence-electron chi connectivity index (χ1n) is 10.5. The molecule has 0 spiro atoms. The Balaban J connectivity index is 1.67. The lowest BCUT2D eigenvalue weighted by Crippen LogP contribution is -2.33. The molecule has 0 unspecified atom stereocenters. The third-order valence-corrected chi connectivity index (χ3v) is 6.19. The van der Waals surface area contributed by atoms with E-state index < -0.39 is 0 Å². The Labute approximate surface area is 193 Å². The SMILES string of the molecule is Cc1ccc(C(=O)N[C@H](c2nnc(SCC(=O)Nc3ccccc3C)n2C)C(C)C)cc1. The first-order chi connectivity index (χ1) is 15.3. The molecule has 2 N–H and O–H groups in total. The lowest BCUT2D eigenvalue weighted by molar-refractivity contribution is -0.113. The van der Waals surface area contributed by atoms with Crippen LogP contribution in [-0.2, 0) is 11.8 Å². The molecule has 7 nitrogen and oxygen atoms in total. The summed E-state index contributed by atoms with van der Waals surface area (Å²) in [6, 6.07) is 14.8. The minimum atomic E-state index is -0.309. The average molecular weight is 452 g/mol. The van der Waals surface area contributed by atoms with Crippen LogP contribution in [0.25, 0.3) is 0 Å². The van der Waals surface area contributed by atoms with Gasteiger partial charge in [0.05, 0.1) is 11.8 Å². The standard InChI is InChI=1S/C24H29N5O2S/c1-15(2)21(26-23(31)18-12-10-16(3)11-13-18)22-27-28-24(29(22)5)32-14-20(30)25-19-9-7-6-8-17(19)4/h6-13,15,21H,14H2,1-5H3,(H,25,30)(H,26,31)/t21-/m0/s1. The Morgan fingerprint density at radius 1 is 1.03 bits per heavy atom. The molecule has 0 saturated carbocycles. The van der Waals surface area contributed by atoms with Gasteiger partial charge in [0.15, 0.2) is 11.0 Å². The molecule has 2 aromatic carbocycles. The highest BCUT2D eigenvalue weighted by Crippen LogP contribution is 2.25. The van der Waals surface area contributed by atoms with E-state index in [4.69, 9.17) is 0 Å². The summed E-state index contributed by atoms with van der Waals surface area (Å²) in [6.45, 7) is 7.99. The highest BCUT2D eigenvalue weighted by molar-refractivity contribution is 7.99. The molecule has 3 rings (SSSR count). The van der Waals surface area contributed by atoms with Crippen molar-refractivity contribution < 1.29 is 9.59 Å². The fourth-order valence-electron chi connectivity index (χ4n) is 3.21. The number of nitrogens with one attached hydrogen (secondary N) is 2. The number of aromatic nitrogens is 3. The third-order valence-electron chi connectivity index (χ3n) is 5.17. The second-order valence-corrected chi connectivity index (χ2v) is 9.06. The predicted octanol–water partition coefficient (Wildman–Crippen LogP) is 4.29. The molecule has 0 radical (unpaired) electrons. The Morgan fingerprint density at radius 2 is 1.72 bits per heavy atom. The second kappa shape index (κ2) is 10.5. The van der Waals surface area contributed by atoms with E-state index in [2.05, 4.69) is 20.8 Å². The summed E-state index contributed by atoms with van der Waals surface area (Å²) in [5.41, 5.74) is 3.51. The number of para-hydroxylation sites is 1. The van der Waals surface area contributed by atoms with Crippen molar-refractivity contribution in [3.63, 3.8) is 0 Å². The number of anilines is 1. The van der Waals surface area contributed by atoms with E-state index in [0.717, 1.165) is 16.8 Å². The van der Waals surface area contributed by atoms with Crippen molar-refractivity contribution in [2.75, 3.05) is 11.1 Å². The quantitative estimate of drug-likeness (QED) is 0.499. The zero-order valence-corrected chi connectivity index (χ0v) is 19.9. The molecule has 0 aliphatic carbocycles. The van der Waals surface area contributed by atoms with E-state index in [9.17, 15) is 9.59 Å². The number of thioether (sulfide) groups is 1. The van der Waals surface area contributed by atoms with Crippen molar-refractivity contribution in [2.45, 2.75) is 38.9 Å². The minimum absolute atomic E-state index is 0.106. The summed E-state index contributed by atoms with van der Waals surface area (Å²) in [4.78, 5) is 25.1. The molecule has 0 aliphatic heterocycles. The van der Waals surface area contributed by atoms with Crippen molar-refractivity contribution in [1.29, 1.82) is 0 Å². The molecule has 1 atom stereocenters. The number of nitrogens with zero attached hydrogens (tertiary/aromatic N) is 3. The topological polar surface area (TPSA) is 88.9 Å². The maximum absolute atomic E-state index is 12.8. The zero-order valence-electron chi connectivity index (χ0n) is 19.0. The molecule has 3 aromatic rings. The van der Waals surface area contributed by atoms with Crippen LogP contribution in [0.5, 0.6) is 0 Å². The molecule has 0 bridgehead atoms. The van der Waals surface area contributed by atoms with Gasteiger partial charge in [0, 0.05) is 18.3 Å². The molecule has 168 valence electrons. The van der Waals surface area contributed by atoms with Gasteiger partial charge in [-0.2, -0.15) is 0 Å². The van der Waals surface area contributed by atoms with Crippen LogP contribution in [0.2, 0.25) is 0 Å². The summed E-state index contributed by atoms with van der Waals surface area (Å²) < 4.78 is 1.84. The van der Waals surface area contributed by atoms with Crippen molar-refractivity contribution in [1.82, 2.24) is 20.1 Å². The van der Waals surface area contributed by atoms with Gasteiger partial charge in [0.25, 0.3) is 5.91 Å². The van der Waals surface area contributed by atoms with Gasteiger partial charge in [0.2, 0.25) is 5.91 Å². The number of hydrogen-bond acceptors (Lipinski definition) is 5. The fourth-order valence-corrected chi connectivity index (χ4v) is 3.93. The van der Waals surface area contributed by atoms with Gasteiger partial charge >= 0.3 is 0 Å². The lowest BCUT2D eigenvalue weighted by Gasteiger charge is -2.21. The van der Waals surface area contributed by atoms with E-state index >= 15 is 0 Å². The maximum atomic E-state index is 12.8. The number of rotatable bonds is 8. The van der Waals surface area contributed by atoms with E-state index in [1.54, 1.807) is 0 Å². The van der Waals surface area contributed by atoms with Gasteiger partial charge in [-0.05, 0) is 43.5 Å². The van der Waals surface area contributed by atoms with Gasteiger partial charge in [-0.25, -0.2) is 0 Å². The lowest BCUT2D eigenvalue weighted by atomic mass is 10.0. The van der Waals surface area contributed by atoms with Crippen molar-refractivity contribution in [3.8, 4) is 0 Å². The monoisotopic (exact) mass is 451 g/mol. The van der Waals surface area contributed by atoms with Crippen molar-refractivity contribution in [3.05, 3.63) is 71.0 Å². The first kappa shape index (κ1) is 23.5.